The molecule has 2 aromatic rings. The van der Waals surface area contributed by atoms with Crippen LogP contribution in [0.1, 0.15) is 33.5 Å². The predicted octanol–water partition coefficient (Wildman–Crippen LogP) is 5.24. The summed E-state index contributed by atoms with van der Waals surface area (Å²) < 4.78 is 56.4. The highest BCUT2D eigenvalue weighted by Crippen LogP contribution is 2.50. The number of nitrogens with one attached hydrogen (secondary N) is 1. The Hall–Kier alpha value is -2.50. The summed E-state index contributed by atoms with van der Waals surface area (Å²) >= 11 is 12.7. The van der Waals surface area contributed by atoms with Crippen molar-refractivity contribution in [1.29, 1.82) is 0 Å². The summed E-state index contributed by atoms with van der Waals surface area (Å²) in [7, 11) is 1.63. The Morgan fingerprint density at radius 2 is 1.91 bits per heavy atom. The summed E-state index contributed by atoms with van der Waals surface area (Å²) in [6.45, 7) is 1.61. The first kappa shape index (κ1) is 25.6. The molecule has 0 aliphatic carbocycles. The van der Waals surface area contributed by atoms with Crippen molar-refractivity contribution in [2.75, 3.05) is 12.9 Å². The molecule has 4 rings (SSSR count). The molecule has 1 fully saturated rings. The molecule has 2 atom stereocenters. The van der Waals surface area contributed by atoms with Gasteiger partial charge in [-0.1, -0.05) is 34.4 Å². The molecule has 6 nitrogen and oxygen atoms in total. The molecule has 13 heteroatoms. The molecular weight excluding hydrogens is 533 g/mol. The SMILES string of the molecule is Cc1cc(C2=NOC(c3cc(Cl)c(F)c(Cl)c3)(C(F)(F)F)C2)ccc1C(=O)NC1SCN(C)C1=O. The molecule has 0 bridgehead atoms. The summed E-state index contributed by atoms with van der Waals surface area (Å²) in [6, 6.07) is 6.01. The van der Waals surface area contributed by atoms with Crippen LogP contribution >= 0.6 is 35.0 Å². The van der Waals surface area contributed by atoms with Gasteiger partial charge in [0.1, 0.15) is 0 Å². The predicted molar refractivity (Wildman–Crippen MR) is 124 cm³/mol. The van der Waals surface area contributed by atoms with Crippen LogP contribution in [0.4, 0.5) is 17.6 Å². The number of likely N-dealkylation sites (N-methyl/N-ethyl adjacent to an activating group) is 1. The van der Waals surface area contributed by atoms with Crippen LogP contribution in [-0.4, -0.2) is 46.9 Å². The van der Waals surface area contributed by atoms with E-state index in [1.165, 1.54) is 34.9 Å². The lowest BCUT2D eigenvalue weighted by molar-refractivity contribution is -0.275. The number of nitrogens with zero attached hydrogens (tertiary/aromatic N) is 2. The van der Waals surface area contributed by atoms with E-state index in [0.29, 0.717) is 17.0 Å². The van der Waals surface area contributed by atoms with E-state index in [4.69, 9.17) is 28.0 Å². The Morgan fingerprint density at radius 1 is 1.26 bits per heavy atom. The maximum absolute atomic E-state index is 14.2. The van der Waals surface area contributed by atoms with Crippen LogP contribution < -0.4 is 5.32 Å². The van der Waals surface area contributed by atoms with Crippen molar-refractivity contribution < 1.29 is 32.0 Å². The minimum absolute atomic E-state index is 0.0305. The van der Waals surface area contributed by atoms with Gasteiger partial charge in [-0.15, -0.1) is 11.8 Å². The second-order valence-corrected chi connectivity index (χ2v) is 9.98. The molecule has 2 unspecified atom stereocenters. The van der Waals surface area contributed by atoms with E-state index in [1.54, 1.807) is 14.0 Å². The van der Waals surface area contributed by atoms with Crippen molar-refractivity contribution in [1.82, 2.24) is 10.2 Å². The van der Waals surface area contributed by atoms with Crippen molar-refractivity contribution in [2.45, 2.75) is 30.5 Å². The number of thioether (sulfide) groups is 1. The number of benzene rings is 2. The smallest absolute Gasteiger partial charge is 0.374 e. The average molecular weight is 550 g/mol. The molecule has 1 saturated heterocycles. The van der Waals surface area contributed by atoms with E-state index in [1.807, 2.05) is 0 Å². The summed E-state index contributed by atoms with van der Waals surface area (Å²) in [5.41, 5.74) is -2.41. The van der Waals surface area contributed by atoms with Gasteiger partial charge in [-0.05, 0) is 42.3 Å². The molecule has 2 heterocycles. The summed E-state index contributed by atoms with van der Waals surface area (Å²) in [6.07, 6.45) is -5.66. The third kappa shape index (κ3) is 4.56. The van der Waals surface area contributed by atoms with E-state index >= 15 is 0 Å². The van der Waals surface area contributed by atoms with Crippen molar-refractivity contribution in [3.05, 3.63) is 68.4 Å². The van der Waals surface area contributed by atoms with Crippen LogP contribution in [-0.2, 0) is 15.2 Å². The quantitative estimate of drug-likeness (QED) is 0.418. The summed E-state index contributed by atoms with van der Waals surface area (Å²) in [4.78, 5) is 31.1. The van der Waals surface area contributed by atoms with E-state index in [9.17, 15) is 27.2 Å². The third-order valence-electron chi connectivity index (χ3n) is 5.74. The number of carbonyl (C=O) groups excluding carboxylic acids is 2. The molecule has 2 aliphatic rings. The maximum Gasteiger partial charge on any atom is 0.435 e. The summed E-state index contributed by atoms with van der Waals surface area (Å²) in [5.74, 6) is -1.30. The maximum atomic E-state index is 14.2. The number of halogens is 6. The molecule has 186 valence electrons. The highest BCUT2D eigenvalue weighted by molar-refractivity contribution is 8.01. The first-order valence-corrected chi connectivity index (χ1v) is 11.9. The Bertz CT molecular complexity index is 1230. The highest BCUT2D eigenvalue weighted by atomic mass is 35.5. The van der Waals surface area contributed by atoms with Gasteiger partial charge in [0.05, 0.1) is 21.6 Å². The van der Waals surface area contributed by atoms with E-state index in [-0.39, 0.29) is 17.2 Å². The number of rotatable bonds is 4. The Morgan fingerprint density at radius 3 is 2.46 bits per heavy atom. The number of aryl methyl sites for hydroxylation is 1. The topological polar surface area (TPSA) is 71.0 Å². The Balaban J connectivity index is 1.59. The lowest BCUT2D eigenvalue weighted by Gasteiger charge is -2.29. The lowest BCUT2D eigenvalue weighted by atomic mass is 9.86. The number of hydrogen-bond donors (Lipinski definition) is 1. The van der Waals surface area contributed by atoms with Crippen LogP contribution in [0.5, 0.6) is 0 Å². The first-order valence-electron chi connectivity index (χ1n) is 10.1. The van der Waals surface area contributed by atoms with E-state index in [0.717, 1.165) is 12.1 Å². The zero-order valence-electron chi connectivity index (χ0n) is 18.2. The number of carbonyl (C=O) groups is 2. The fourth-order valence-corrected chi connectivity index (χ4v) is 5.27. The lowest BCUT2D eigenvalue weighted by Crippen LogP contribution is -2.42. The largest absolute Gasteiger partial charge is 0.435 e. The van der Waals surface area contributed by atoms with Crippen molar-refractivity contribution in [3.8, 4) is 0 Å². The van der Waals surface area contributed by atoms with Crippen LogP contribution in [0.2, 0.25) is 10.0 Å². The second-order valence-electron chi connectivity index (χ2n) is 8.10. The van der Waals surface area contributed by atoms with Crippen LogP contribution in [0, 0.1) is 12.7 Å². The molecule has 0 spiro atoms. The van der Waals surface area contributed by atoms with Gasteiger partial charge >= 0.3 is 6.18 Å². The zero-order valence-corrected chi connectivity index (χ0v) is 20.5. The number of hydrogen-bond acceptors (Lipinski definition) is 5. The molecule has 0 saturated carbocycles. The van der Waals surface area contributed by atoms with Gasteiger partial charge < -0.3 is 15.1 Å². The van der Waals surface area contributed by atoms with Gasteiger partial charge in [-0.25, -0.2) is 4.39 Å². The van der Waals surface area contributed by atoms with Crippen LogP contribution in [0.3, 0.4) is 0 Å². The number of oxime groups is 1. The number of alkyl halides is 3. The van der Waals surface area contributed by atoms with Gasteiger partial charge in [0, 0.05) is 24.6 Å². The van der Waals surface area contributed by atoms with Gasteiger partial charge in [-0.2, -0.15) is 13.2 Å². The van der Waals surface area contributed by atoms with E-state index in [2.05, 4.69) is 10.5 Å². The molecule has 2 amide bonds. The minimum atomic E-state index is -4.93. The van der Waals surface area contributed by atoms with Crippen molar-refractivity contribution in [3.63, 3.8) is 0 Å². The fraction of sp³-hybridized carbons (Fsp3) is 0.318. The van der Waals surface area contributed by atoms with Crippen molar-refractivity contribution >= 4 is 52.5 Å². The highest BCUT2D eigenvalue weighted by Gasteiger charge is 2.62. The van der Waals surface area contributed by atoms with E-state index < -0.39 is 50.9 Å². The average Bonchev–Trinajstić information content (AvgIpc) is 3.37. The molecule has 1 N–H and O–H groups in total. The molecular formula is C22H17Cl2F4N3O3S. The molecule has 35 heavy (non-hydrogen) atoms. The number of amides is 2. The molecule has 2 aliphatic heterocycles. The fourth-order valence-electron chi connectivity index (χ4n) is 3.77. The third-order valence-corrected chi connectivity index (χ3v) is 7.48. The Labute approximate surface area is 211 Å². The molecule has 0 radical (unpaired) electrons. The first-order chi connectivity index (χ1) is 16.3. The normalized spacial score (nSPS) is 22.3. The standard InChI is InChI=1S/C22H17Cl2F4N3O3S/c1-10-5-11(3-4-13(10)18(32)29-19-20(33)31(2)9-35-19)16-8-21(34-30-16,22(26,27)28)12-6-14(23)17(25)15(24)7-12/h3-7,19H,8-9H2,1-2H3,(H,29,32). The van der Waals surface area contributed by atoms with Crippen LogP contribution in [0.25, 0.3) is 0 Å². The van der Waals surface area contributed by atoms with Crippen molar-refractivity contribution in [2.24, 2.45) is 5.16 Å². The zero-order chi connectivity index (χ0) is 25.7. The van der Waals surface area contributed by atoms with Gasteiger partial charge in [0.2, 0.25) is 0 Å². The Kier molecular flexibility index (Phi) is 6.71. The molecule has 0 aromatic heterocycles. The van der Waals surface area contributed by atoms with Gasteiger partial charge in [-0.3, -0.25) is 9.59 Å². The summed E-state index contributed by atoms with van der Waals surface area (Å²) in [5, 5.41) is 4.45. The van der Waals surface area contributed by atoms with Gasteiger partial charge in [0.15, 0.2) is 11.2 Å². The molecule has 2 aromatic carbocycles. The monoisotopic (exact) mass is 549 g/mol. The van der Waals surface area contributed by atoms with Gasteiger partial charge in [0.25, 0.3) is 17.4 Å². The minimum Gasteiger partial charge on any atom is -0.374 e. The van der Waals surface area contributed by atoms with Crippen LogP contribution in [0.15, 0.2) is 35.5 Å². The second kappa shape index (κ2) is 9.18.